The maximum Gasteiger partial charge on any atom is 0.272 e. The van der Waals surface area contributed by atoms with Gasteiger partial charge in [-0.05, 0) is 30.2 Å². The van der Waals surface area contributed by atoms with Crippen LogP contribution in [0.5, 0.6) is 11.5 Å². The first-order chi connectivity index (χ1) is 12.6. The van der Waals surface area contributed by atoms with Crippen molar-refractivity contribution >= 4 is 11.7 Å². The quantitative estimate of drug-likeness (QED) is 0.800. The van der Waals surface area contributed by atoms with Gasteiger partial charge in [-0.1, -0.05) is 35.5 Å². The number of nitrogens with zero attached hydrogens (tertiary/aromatic N) is 2. The number of hydrogen-bond acceptors (Lipinski definition) is 5. The van der Waals surface area contributed by atoms with Crippen LogP contribution < -0.4 is 9.47 Å². The van der Waals surface area contributed by atoms with Crippen LogP contribution in [0.4, 0.5) is 0 Å². The molecule has 26 heavy (non-hydrogen) atoms. The van der Waals surface area contributed by atoms with Crippen molar-refractivity contribution < 1.29 is 19.1 Å². The molecule has 136 valence electrons. The number of oxime groups is 1. The predicted octanol–water partition coefficient (Wildman–Crippen LogP) is 3.01. The molecular weight excluding hydrogens is 332 g/mol. The molecule has 1 amide bonds. The molecule has 1 unspecified atom stereocenters. The third-order valence-electron chi connectivity index (χ3n) is 4.26. The molecule has 1 aliphatic heterocycles. The van der Waals surface area contributed by atoms with E-state index < -0.39 is 6.10 Å². The Labute approximate surface area is 153 Å². The minimum absolute atomic E-state index is 0.108. The van der Waals surface area contributed by atoms with Gasteiger partial charge in [0.05, 0.1) is 20.8 Å². The molecule has 1 atom stereocenters. The van der Waals surface area contributed by atoms with Gasteiger partial charge in [-0.2, -0.15) is 0 Å². The molecule has 2 aromatic rings. The number of rotatable bonds is 6. The van der Waals surface area contributed by atoms with E-state index in [0.29, 0.717) is 30.3 Å². The molecule has 2 aromatic carbocycles. The molecule has 0 bridgehead atoms. The van der Waals surface area contributed by atoms with Crippen molar-refractivity contribution in [1.82, 2.24) is 4.90 Å². The number of hydrogen-bond donors (Lipinski definition) is 0. The highest BCUT2D eigenvalue weighted by atomic mass is 16.6. The summed E-state index contributed by atoms with van der Waals surface area (Å²) in [6.45, 7) is 2.13. The lowest BCUT2D eigenvalue weighted by Crippen LogP contribution is -2.46. The monoisotopic (exact) mass is 354 g/mol. The molecule has 0 N–H and O–H groups in total. The van der Waals surface area contributed by atoms with Gasteiger partial charge in [0, 0.05) is 12.5 Å². The summed E-state index contributed by atoms with van der Waals surface area (Å²) < 4.78 is 10.6. The SMILES string of the molecule is COc1cc(CN2C(=O)C(Cc3ccccc3)ON=C2C)cc(OC)c1. The van der Waals surface area contributed by atoms with Crippen LogP contribution in [-0.4, -0.2) is 37.0 Å². The number of methoxy groups -OCH3 is 2. The van der Waals surface area contributed by atoms with E-state index in [1.54, 1.807) is 32.1 Å². The van der Waals surface area contributed by atoms with E-state index in [-0.39, 0.29) is 5.91 Å². The Kier molecular flexibility index (Phi) is 5.41. The van der Waals surface area contributed by atoms with E-state index in [4.69, 9.17) is 14.3 Å². The van der Waals surface area contributed by atoms with Crippen molar-refractivity contribution in [2.45, 2.75) is 26.0 Å². The van der Waals surface area contributed by atoms with Gasteiger partial charge >= 0.3 is 0 Å². The van der Waals surface area contributed by atoms with Crippen LogP contribution in [0.2, 0.25) is 0 Å². The predicted molar refractivity (Wildman–Crippen MR) is 98.2 cm³/mol. The minimum atomic E-state index is -0.631. The lowest BCUT2D eigenvalue weighted by atomic mass is 10.1. The molecule has 0 saturated carbocycles. The average molecular weight is 354 g/mol. The lowest BCUT2D eigenvalue weighted by Gasteiger charge is -2.30. The van der Waals surface area contributed by atoms with Crippen molar-refractivity contribution in [2.75, 3.05) is 14.2 Å². The summed E-state index contributed by atoms with van der Waals surface area (Å²) in [5.41, 5.74) is 1.92. The van der Waals surface area contributed by atoms with Crippen LogP contribution >= 0.6 is 0 Å². The minimum Gasteiger partial charge on any atom is -0.497 e. The smallest absolute Gasteiger partial charge is 0.272 e. The zero-order valence-electron chi connectivity index (χ0n) is 15.1. The molecule has 0 saturated heterocycles. The van der Waals surface area contributed by atoms with Crippen LogP contribution in [0.15, 0.2) is 53.7 Å². The maximum atomic E-state index is 12.9. The van der Waals surface area contributed by atoms with Crippen LogP contribution in [0, 0.1) is 0 Å². The first kappa shape index (κ1) is 17.8. The van der Waals surface area contributed by atoms with Crippen LogP contribution in [0.25, 0.3) is 0 Å². The van der Waals surface area contributed by atoms with E-state index in [0.717, 1.165) is 11.1 Å². The maximum absolute atomic E-state index is 12.9. The zero-order valence-corrected chi connectivity index (χ0v) is 15.1. The molecule has 1 aliphatic rings. The van der Waals surface area contributed by atoms with E-state index in [1.807, 2.05) is 42.5 Å². The molecule has 6 heteroatoms. The summed E-state index contributed by atoms with van der Waals surface area (Å²) in [7, 11) is 3.20. The Morgan fingerprint density at radius 3 is 2.31 bits per heavy atom. The summed E-state index contributed by atoms with van der Waals surface area (Å²) in [6.07, 6.45) is -0.150. The molecule has 0 fully saturated rings. The summed E-state index contributed by atoms with van der Waals surface area (Å²) in [5.74, 6) is 1.77. The van der Waals surface area contributed by atoms with Gasteiger partial charge in [-0.3, -0.25) is 9.69 Å². The van der Waals surface area contributed by atoms with Gasteiger partial charge in [0.1, 0.15) is 17.3 Å². The fourth-order valence-corrected chi connectivity index (χ4v) is 2.85. The van der Waals surface area contributed by atoms with E-state index >= 15 is 0 Å². The average Bonchev–Trinajstić information content (AvgIpc) is 2.68. The first-order valence-electron chi connectivity index (χ1n) is 8.38. The second-order valence-electron chi connectivity index (χ2n) is 6.07. The van der Waals surface area contributed by atoms with Crippen molar-refractivity contribution in [3.05, 3.63) is 59.7 Å². The highest BCUT2D eigenvalue weighted by molar-refractivity contribution is 6.00. The van der Waals surface area contributed by atoms with Gasteiger partial charge in [0.25, 0.3) is 5.91 Å². The number of benzene rings is 2. The van der Waals surface area contributed by atoms with E-state index in [2.05, 4.69) is 5.16 Å². The van der Waals surface area contributed by atoms with Crippen molar-refractivity contribution in [3.63, 3.8) is 0 Å². The second-order valence-corrected chi connectivity index (χ2v) is 6.07. The fourth-order valence-electron chi connectivity index (χ4n) is 2.85. The van der Waals surface area contributed by atoms with Crippen molar-refractivity contribution in [3.8, 4) is 11.5 Å². The zero-order chi connectivity index (χ0) is 18.5. The molecule has 0 aliphatic carbocycles. The Hall–Kier alpha value is -3.02. The molecule has 1 heterocycles. The highest BCUT2D eigenvalue weighted by Crippen LogP contribution is 2.25. The molecule has 0 radical (unpaired) electrons. The van der Waals surface area contributed by atoms with E-state index in [1.165, 1.54) is 0 Å². The fraction of sp³-hybridized carbons (Fsp3) is 0.300. The highest BCUT2D eigenvalue weighted by Gasteiger charge is 2.32. The first-order valence-corrected chi connectivity index (χ1v) is 8.38. The largest absolute Gasteiger partial charge is 0.497 e. The Morgan fingerprint density at radius 2 is 1.69 bits per heavy atom. The summed E-state index contributed by atoms with van der Waals surface area (Å²) in [5, 5.41) is 4.08. The Balaban J connectivity index is 1.79. The lowest BCUT2D eigenvalue weighted by molar-refractivity contribution is -0.143. The second kappa shape index (κ2) is 7.91. The number of ether oxygens (including phenoxy) is 2. The molecule has 6 nitrogen and oxygen atoms in total. The number of carbonyl (C=O) groups is 1. The Bertz CT molecular complexity index is 782. The van der Waals surface area contributed by atoms with Crippen LogP contribution in [-0.2, 0) is 22.6 Å². The van der Waals surface area contributed by atoms with Crippen LogP contribution in [0.1, 0.15) is 18.1 Å². The van der Waals surface area contributed by atoms with Crippen molar-refractivity contribution in [2.24, 2.45) is 5.16 Å². The summed E-state index contributed by atoms with van der Waals surface area (Å²) in [4.78, 5) is 20.0. The number of carbonyl (C=O) groups excluding carboxylic acids is 1. The number of amides is 1. The molecule has 3 rings (SSSR count). The van der Waals surface area contributed by atoms with Crippen molar-refractivity contribution in [1.29, 1.82) is 0 Å². The number of amidine groups is 1. The summed E-state index contributed by atoms with van der Waals surface area (Å²) >= 11 is 0. The third kappa shape index (κ3) is 3.96. The van der Waals surface area contributed by atoms with Gasteiger partial charge < -0.3 is 14.3 Å². The van der Waals surface area contributed by atoms with E-state index in [9.17, 15) is 4.79 Å². The van der Waals surface area contributed by atoms with Gasteiger partial charge in [0.2, 0.25) is 6.10 Å². The summed E-state index contributed by atoms with van der Waals surface area (Å²) in [6, 6.07) is 15.3. The third-order valence-corrected chi connectivity index (χ3v) is 4.26. The van der Waals surface area contributed by atoms with Gasteiger partial charge in [-0.15, -0.1) is 0 Å². The van der Waals surface area contributed by atoms with Gasteiger partial charge in [0.15, 0.2) is 0 Å². The van der Waals surface area contributed by atoms with Gasteiger partial charge in [-0.25, -0.2) is 0 Å². The standard InChI is InChI=1S/C20H22N2O4/c1-14-21-26-19(11-15-7-5-4-6-8-15)20(23)22(14)13-16-9-17(24-2)12-18(10-16)25-3/h4-10,12,19H,11,13H2,1-3H3. The molecule has 0 aromatic heterocycles. The van der Waals surface area contributed by atoms with Crippen LogP contribution in [0.3, 0.4) is 0 Å². The normalized spacial score (nSPS) is 16.7. The molecule has 0 spiro atoms. The topological polar surface area (TPSA) is 60.4 Å². The molecular formula is C20H22N2O4. The Morgan fingerprint density at radius 1 is 1.04 bits per heavy atom.